The molecule has 3 heteroatoms. The number of aliphatic hydroxyl groups excluding tert-OH is 1. The van der Waals surface area contributed by atoms with Gasteiger partial charge in [0, 0.05) is 13.2 Å². The first-order valence-corrected chi connectivity index (χ1v) is 4.07. The third-order valence-corrected chi connectivity index (χ3v) is 1.47. The summed E-state index contributed by atoms with van der Waals surface area (Å²) in [4.78, 5) is 0. The fourth-order valence-corrected chi connectivity index (χ4v) is 0.848. The molecule has 0 aliphatic heterocycles. The van der Waals surface area contributed by atoms with Gasteiger partial charge in [-0.3, -0.25) is 0 Å². The molecule has 0 aromatic heterocycles. The van der Waals surface area contributed by atoms with Gasteiger partial charge in [-0.25, -0.2) is 0 Å². The molecule has 0 saturated heterocycles. The normalized spacial score (nSPS) is 16.4. The highest BCUT2D eigenvalue weighted by Gasteiger charge is 2.00. The Morgan fingerprint density at radius 2 is 2.09 bits per heavy atom. The van der Waals surface area contributed by atoms with Gasteiger partial charge in [0.1, 0.15) is 0 Å². The lowest BCUT2D eigenvalue weighted by Gasteiger charge is -2.12. The van der Waals surface area contributed by atoms with Crippen LogP contribution in [0.15, 0.2) is 0 Å². The topological polar surface area (TPSA) is 41.5 Å². The van der Waals surface area contributed by atoms with E-state index in [-0.39, 0.29) is 6.10 Å². The van der Waals surface area contributed by atoms with Crippen LogP contribution in [-0.4, -0.2) is 37.5 Å². The molecular weight excluding hydrogens is 142 g/mol. The van der Waals surface area contributed by atoms with Crippen molar-refractivity contribution in [2.24, 2.45) is 0 Å². The van der Waals surface area contributed by atoms with Gasteiger partial charge in [0.2, 0.25) is 0 Å². The van der Waals surface area contributed by atoms with E-state index in [1.54, 1.807) is 14.0 Å². The molecule has 0 spiro atoms. The van der Waals surface area contributed by atoms with Crippen LogP contribution in [0.1, 0.15) is 20.3 Å². The van der Waals surface area contributed by atoms with Gasteiger partial charge in [-0.15, -0.1) is 0 Å². The SMILES string of the molecule is COCC(C)NCCC(C)O. The van der Waals surface area contributed by atoms with Gasteiger partial charge in [0.15, 0.2) is 0 Å². The number of hydrogen-bond acceptors (Lipinski definition) is 3. The molecule has 0 rings (SSSR count). The van der Waals surface area contributed by atoms with Crippen LogP contribution in [0.3, 0.4) is 0 Å². The third kappa shape index (κ3) is 7.78. The summed E-state index contributed by atoms with van der Waals surface area (Å²) in [5, 5.41) is 12.2. The minimum atomic E-state index is -0.211. The van der Waals surface area contributed by atoms with Crippen molar-refractivity contribution in [2.45, 2.75) is 32.4 Å². The summed E-state index contributed by atoms with van der Waals surface area (Å²) in [6.45, 7) is 5.43. The van der Waals surface area contributed by atoms with Gasteiger partial charge in [-0.2, -0.15) is 0 Å². The second kappa shape index (κ2) is 6.58. The maximum Gasteiger partial charge on any atom is 0.0613 e. The highest BCUT2D eigenvalue weighted by molar-refractivity contribution is 4.59. The zero-order chi connectivity index (χ0) is 8.69. The summed E-state index contributed by atoms with van der Waals surface area (Å²) in [6, 6.07) is 0.374. The van der Waals surface area contributed by atoms with Gasteiger partial charge in [-0.05, 0) is 26.8 Å². The minimum Gasteiger partial charge on any atom is -0.393 e. The van der Waals surface area contributed by atoms with E-state index in [9.17, 15) is 0 Å². The molecule has 0 fully saturated rings. The smallest absolute Gasteiger partial charge is 0.0613 e. The van der Waals surface area contributed by atoms with Crippen molar-refractivity contribution in [3.05, 3.63) is 0 Å². The first-order chi connectivity index (χ1) is 5.16. The van der Waals surface area contributed by atoms with Crippen LogP contribution < -0.4 is 5.32 Å². The fraction of sp³-hybridized carbons (Fsp3) is 1.00. The molecule has 2 N–H and O–H groups in total. The Morgan fingerprint density at radius 3 is 2.55 bits per heavy atom. The quantitative estimate of drug-likeness (QED) is 0.592. The number of hydrogen-bond donors (Lipinski definition) is 2. The van der Waals surface area contributed by atoms with E-state index in [0.717, 1.165) is 19.6 Å². The lowest BCUT2D eigenvalue weighted by Crippen LogP contribution is -2.32. The molecule has 3 nitrogen and oxygen atoms in total. The molecule has 0 amide bonds. The summed E-state index contributed by atoms with van der Waals surface area (Å²) < 4.78 is 4.94. The summed E-state index contributed by atoms with van der Waals surface area (Å²) in [7, 11) is 1.69. The molecule has 0 aliphatic rings. The Labute approximate surface area is 68.8 Å². The van der Waals surface area contributed by atoms with Crippen LogP contribution in [-0.2, 0) is 4.74 Å². The van der Waals surface area contributed by atoms with Gasteiger partial charge < -0.3 is 15.2 Å². The second-order valence-corrected chi connectivity index (χ2v) is 2.95. The summed E-state index contributed by atoms with van der Waals surface area (Å²) >= 11 is 0. The maximum absolute atomic E-state index is 8.92. The van der Waals surface area contributed by atoms with E-state index in [0.29, 0.717) is 6.04 Å². The summed E-state index contributed by atoms with van der Waals surface area (Å²) in [6.07, 6.45) is 0.589. The number of aliphatic hydroxyl groups is 1. The van der Waals surface area contributed by atoms with Crippen LogP contribution >= 0.6 is 0 Å². The Kier molecular flexibility index (Phi) is 6.51. The lowest BCUT2D eigenvalue weighted by atomic mass is 10.2. The Morgan fingerprint density at radius 1 is 1.45 bits per heavy atom. The van der Waals surface area contributed by atoms with E-state index < -0.39 is 0 Å². The molecule has 0 radical (unpaired) electrons. The molecule has 0 heterocycles. The summed E-state index contributed by atoms with van der Waals surface area (Å²) in [5.74, 6) is 0. The molecule has 0 aromatic rings. The van der Waals surface area contributed by atoms with E-state index in [4.69, 9.17) is 9.84 Å². The highest BCUT2D eigenvalue weighted by Crippen LogP contribution is 1.88. The monoisotopic (exact) mass is 161 g/mol. The first-order valence-electron chi connectivity index (χ1n) is 4.07. The molecule has 2 unspecified atom stereocenters. The molecule has 0 saturated carbocycles. The van der Waals surface area contributed by atoms with Crippen molar-refractivity contribution in [1.82, 2.24) is 5.32 Å². The molecular formula is C8H19NO2. The van der Waals surface area contributed by atoms with Crippen molar-refractivity contribution in [3.8, 4) is 0 Å². The fourth-order valence-electron chi connectivity index (χ4n) is 0.848. The third-order valence-electron chi connectivity index (χ3n) is 1.47. The Bertz CT molecular complexity index is 86.2. The molecule has 2 atom stereocenters. The first kappa shape index (κ1) is 10.9. The predicted molar refractivity (Wildman–Crippen MR) is 45.6 cm³/mol. The second-order valence-electron chi connectivity index (χ2n) is 2.95. The van der Waals surface area contributed by atoms with Crippen molar-refractivity contribution in [2.75, 3.05) is 20.3 Å². The number of rotatable bonds is 6. The van der Waals surface area contributed by atoms with Crippen LogP contribution in [0.5, 0.6) is 0 Å². The van der Waals surface area contributed by atoms with Crippen molar-refractivity contribution < 1.29 is 9.84 Å². The number of methoxy groups -OCH3 is 1. The van der Waals surface area contributed by atoms with Gasteiger partial charge >= 0.3 is 0 Å². The largest absolute Gasteiger partial charge is 0.393 e. The van der Waals surface area contributed by atoms with Crippen LogP contribution in [0, 0.1) is 0 Å². The van der Waals surface area contributed by atoms with E-state index >= 15 is 0 Å². The van der Waals surface area contributed by atoms with Crippen LogP contribution in [0.2, 0.25) is 0 Å². The van der Waals surface area contributed by atoms with Crippen molar-refractivity contribution in [3.63, 3.8) is 0 Å². The molecule has 0 aromatic carbocycles. The zero-order valence-corrected chi connectivity index (χ0v) is 7.63. The van der Waals surface area contributed by atoms with Gasteiger partial charge in [0.05, 0.1) is 12.7 Å². The van der Waals surface area contributed by atoms with E-state index in [1.165, 1.54) is 0 Å². The molecule has 68 valence electrons. The highest BCUT2D eigenvalue weighted by atomic mass is 16.5. The predicted octanol–water partition coefficient (Wildman–Crippen LogP) is 0.382. The van der Waals surface area contributed by atoms with Crippen molar-refractivity contribution in [1.29, 1.82) is 0 Å². The van der Waals surface area contributed by atoms with Gasteiger partial charge in [-0.1, -0.05) is 0 Å². The van der Waals surface area contributed by atoms with E-state index in [1.807, 2.05) is 0 Å². The Balaban J connectivity index is 3.10. The molecule has 11 heavy (non-hydrogen) atoms. The van der Waals surface area contributed by atoms with Gasteiger partial charge in [0.25, 0.3) is 0 Å². The number of nitrogens with one attached hydrogen (secondary N) is 1. The van der Waals surface area contributed by atoms with Crippen LogP contribution in [0.25, 0.3) is 0 Å². The average Bonchev–Trinajstić information content (AvgIpc) is 1.87. The van der Waals surface area contributed by atoms with Crippen molar-refractivity contribution >= 4 is 0 Å². The lowest BCUT2D eigenvalue weighted by molar-refractivity contribution is 0.160. The standard InChI is InChI=1S/C8H19NO2/c1-7(6-11-3)9-5-4-8(2)10/h7-10H,4-6H2,1-3H3. The van der Waals surface area contributed by atoms with Crippen LogP contribution in [0.4, 0.5) is 0 Å². The summed E-state index contributed by atoms with van der Waals surface area (Å²) in [5.41, 5.74) is 0. The minimum absolute atomic E-state index is 0.211. The molecule has 0 bridgehead atoms. The average molecular weight is 161 g/mol. The number of ether oxygens (including phenoxy) is 1. The zero-order valence-electron chi connectivity index (χ0n) is 7.63. The molecule has 0 aliphatic carbocycles. The van der Waals surface area contributed by atoms with E-state index in [2.05, 4.69) is 12.2 Å². The Hall–Kier alpha value is -0.120. The maximum atomic E-state index is 8.92.